The molecule has 0 bridgehead atoms. The van der Waals surface area contributed by atoms with Crippen LogP contribution >= 0.6 is 0 Å². The Morgan fingerprint density at radius 2 is 1.96 bits per heavy atom. The molecule has 3 rings (SSSR count). The molecule has 0 radical (unpaired) electrons. The Balaban J connectivity index is 1.63. The van der Waals surface area contributed by atoms with E-state index in [1.54, 1.807) is 6.20 Å². The fraction of sp³-hybridized carbons (Fsp3) is 0.278. The van der Waals surface area contributed by atoms with Crippen LogP contribution in [-0.4, -0.2) is 32.1 Å². The first-order chi connectivity index (χ1) is 12.3. The van der Waals surface area contributed by atoms with Crippen molar-refractivity contribution in [2.45, 2.75) is 20.0 Å². The van der Waals surface area contributed by atoms with Crippen molar-refractivity contribution in [1.29, 1.82) is 0 Å². The van der Waals surface area contributed by atoms with Crippen molar-refractivity contribution in [3.8, 4) is 5.69 Å². The maximum absolute atomic E-state index is 4.63. The summed E-state index contributed by atoms with van der Waals surface area (Å²) in [5.41, 5.74) is 3.20. The topological polar surface area (TPSA) is 72.1 Å². The van der Waals surface area contributed by atoms with Gasteiger partial charge in [-0.1, -0.05) is 18.2 Å². The van der Waals surface area contributed by atoms with Crippen molar-refractivity contribution in [2.75, 3.05) is 6.54 Å². The lowest BCUT2D eigenvalue weighted by Gasteiger charge is -2.11. The predicted octanol–water partition coefficient (Wildman–Crippen LogP) is 1.86. The number of para-hydroxylation sites is 1. The van der Waals surface area contributed by atoms with Crippen molar-refractivity contribution in [3.63, 3.8) is 0 Å². The summed E-state index contributed by atoms with van der Waals surface area (Å²) in [7, 11) is 1.93. The number of aromatic nitrogens is 4. The van der Waals surface area contributed by atoms with Crippen LogP contribution < -0.4 is 10.6 Å². The molecule has 25 heavy (non-hydrogen) atoms. The average molecular weight is 337 g/mol. The van der Waals surface area contributed by atoms with Gasteiger partial charge in [-0.15, -0.1) is 0 Å². The van der Waals surface area contributed by atoms with E-state index < -0.39 is 0 Å². The molecule has 2 aromatic heterocycles. The molecular weight excluding hydrogens is 314 g/mol. The van der Waals surface area contributed by atoms with E-state index in [-0.39, 0.29) is 0 Å². The number of rotatable bonds is 6. The van der Waals surface area contributed by atoms with Crippen molar-refractivity contribution < 1.29 is 0 Å². The summed E-state index contributed by atoms with van der Waals surface area (Å²) < 4.78 is 3.71. The molecule has 0 spiro atoms. The third kappa shape index (κ3) is 4.47. The van der Waals surface area contributed by atoms with Crippen molar-refractivity contribution in [2.24, 2.45) is 12.0 Å². The zero-order valence-corrected chi connectivity index (χ0v) is 14.6. The highest BCUT2D eigenvalue weighted by molar-refractivity contribution is 5.79. The fourth-order valence-corrected chi connectivity index (χ4v) is 2.42. The standard InChI is InChI=1S/C18H23N7/c1-3-19-18(21-13-17-9-10-22-24(17)2)20-11-15-12-23-25(14-15)16-7-5-4-6-8-16/h4-10,12,14H,3,11,13H2,1-2H3,(H2,19,20,21). The quantitative estimate of drug-likeness (QED) is 0.532. The molecule has 0 unspecified atom stereocenters. The minimum atomic E-state index is 0.563. The van der Waals surface area contributed by atoms with E-state index in [0.717, 1.165) is 29.4 Å². The zero-order chi connectivity index (χ0) is 17.5. The molecule has 130 valence electrons. The number of hydrogen-bond acceptors (Lipinski definition) is 3. The Kier molecular flexibility index (Phi) is 5.46. The molecule has 3 aromatic rings. The summed E-state index contributed by atoms with van der Waals surface area (Å²) in [5, 5.41) is 15.2. The average Bonchev–Trinajstić information content (AvgIpc) is 3.27. The molecule has 0 aliphatic carbocycles. The van der Waals surface area contributed by atoms with Gasteiger partial charge in [0.05, 0.1) is 30.7 Å². The van der Waals surface area contributed by atoms with Crippen molar-refractivity contribution in [1.82, 2.24) is 30.2 Å². The zero-order valence-electron chi connectivity index (χ0n) is 14.6. The van der Waals surface area contributed by atoms with E-state index in [2.05, 4.69) is 32.7 Å². The predicted molar refractivity (Wildman–Crippen MR) is 98.4 cm³/mol. The van der Waals surface area contributed by atoms with Crippen LogP contribution in [0.15, 0.2) is 60.0 Å². The van der Waals surface area contributed by atoms with Crippen molar-refractivity contribution >= 4 is 5.96 Å². The van der Waals surface area contributed by atoms with Gasteiger partial charge in [-0.05, 0) is 25.1 Å². The molecule has 0 fully saturated rings. The van der Waals surface area contributed by atoms with Crippen LogP contribution in [0.3, 0.4) is 0 Å². The number of aryl methyl sites for hydroxylation is 1. The molecule has 1 aromatic carbocycles. The highest BCUT2D eigenvalue weighted by Crippen LogP contribution is 2.08. The second-order valence-electron chi connectivity index (χ2n) is 5.62. The first-order valence-corrected chi connectivity index (χ1v) is 8.34. The Morgan fingerprint density at radius 1 is 1.12 bits per heavy atom. The number of nitrogens with zero attached hydrogens (tertiary/aromatic N) is 5. The summed E-state index contributed by atoms with van der Waals surface area (Å²) in [6, 6.07) is 12.0. The molecule has 2 N–H and O–H groups in total. The number of aliphatic imine (C=N–C) groups is 1. The van der Waals surface area contributed by atoms with Gasteiger partial charge in [0.2, 0.25) is 0 Å². The van der Waals surface area contributed by atoms with E-state index in [4.69, 9.17) is 0 Å². The SMILES string of the molecule is CCNC(=NCc1cnn(-c2ccccc2)c1)NCc1ccnn1C. The van der Waals surface area contributed by atoms with Crippen LogP contribution in [0.1, 0.15) is 18.2 Å². The molecule has 0 aliphatic rings. The molecule has 0 atom stereocenters. The maximum Gasteiger partial charge on any atom is 0.191 e. The van der Waals surface area contributed by atoms with Crippen LogP contribution in [0, 0.1) is 0 Å². The van der Waals surface area contributed by atoms with E-state index in [1.165, 1.54) is 0 Å². The monoisotopic (exact) mass is 337 g/mol. The van der Waals surface area contributed by atoms with Crippen molar-refractivity contribution in [3.05, 3.63) is 66.2 Å². The Hall–Kier alpha value is -3.09. The van der Waals surface area contributed by atoms with E-state index in [9.17, 15) is 0 Å². The molecule has 7 nitrogen and oxygen atoms in total. The van der Waals surface area contributed by atoms with Crippen LogP contribution in [0.5, 0.6) is 0 Å². The second kappa shape index (κ2) is 8.14. The van der Waals surface area contributed by atoms with Gasteiger partial charge in [0.1, 0.15) is 0 Å². The third-order valence-corrected chi connectivity index (χ3v) is 3.78. The summed E-state index contributed by atoms with van der Waals surface area (Å²) in [4.78, 5) is 4.63. The summed E-state index contributed by atoms with van der Waals surface area (Å²) in [5.74, 6) is 0.774. The lowest BCUT2D eigenvalue weighted by molar-refractivity contribution is 0.685. The van der Waals surface area contributed by atoms with E-state index in [0.29, 0.717) is 13.1 Å². The largest absolute Gasteiger partial charge is 0.357 e. The van der Waals surface area contributed by atoms with Gasteiger partial charge in [0.25, 0.3) is 0 Å². The first-order valence-electron chi connectivity index (χ1n) is 8.34. The minimum absolute atomic E-state index is 0.563. The minimum Gasteiger partial charge on any atom is -0.357 e. The lowest BCUT2D eigenvalue weighted by Crippen LogP contribution is -2.37. The molecule has 7 heteroatoms. The lowest BCUT2D eigenvalue weighted by atomic mass is 10.3. The van der Waals surface area contributed by atoms with E-state index in [1.807, 2.05) is 65.2 Å². The van der Waals surface area contributed by atoms with Crippen LogP contribution in [0.25, 0.3) is 5.69 Å². The third-order valence-electron chi connectivity index (χ3n) is 3.78. The van der Waals surface area contributed by atoms with Crippen LogP contribution in [0.2, 0.25) is 0 Å². The summed E-state index contributed by atoms with van der Waals surface area (Å²) in [6.45, 7) is 4.09. The van der Waals surface area contributed by atoms with Gasteiger partial charge >= 0.3 is 0 Å². The normalized spacial score (nSPS) is 11.5. The molecule has 0 aliphatic heterocycles. The molecular formula is C18H23N7. The van der Waals surface area contributed by atoms with Crippen LogP contribution in [0.4, 0.5) is 0 Å². The summed E-state index contributed by atoms with van der Waals surface area (Å²) >= 11 is 0. The van der Waals surface area contributed by atoms with E-state index >= 15 is 0 Å². The highest BCUT2D eigenvalue weighted by atomic mass is 15.3. The highest BCUT2D eigenvalue weighted by Gasteiger charge is 2.03. The van der Waals surface area contributed by atoms with Gasteiger partial charge in [0, 0.05) is 31.5 Å². The van der Waals surface area contributed by atoms with Crippen LogP contribution in [-0.2, 0) is 20.1 Å². The van der Waals surface area contributed by atoms with Gasteiger partial charge in [-0.25, -0.2) is 9.67 Å². The number of nitrogens with one attached hydrogen (secondary N) is 2. The Labute approximate surface area is 147 Å². The Morgan fingerprint density at radius 3 is 2.68 bits per heavy atom. The first kappa shape index (κ1) is 16.8. The van der Waals surface area contributed by atoms with Gasteiger partial charge < -0.3 is 10.6 Å². The van der Waals surface area contributed by atoms with Gasteiger partial charge in [0.15, 0.2) is 5.96 Å². The maximum atomic E-state index is 4.63. The smallest absolute Gasteiger partial charge is 0.191 e. The van der Waals surface area contributed by atoms with Gasteiger partial charge in [-0.2, -0.15) is 10.2 Å². The molecule has 0 saturated carbocycles. The summed E-state index contributed by atoms with van der Waals surface area (Å²) in [6.07, 6.45) is 5.64. The molecule has 0 saturated heterocycles. The number of hydrogen-bond donors (Lipinski definition) is 2. The molecule has 0 amide bonds. The second-order valence-corrected chi connectivity index (χ2v) is 5.62. The van der Waals surface area contributed by atoms with Gasteiger partial charge in [-0.3, -0.25) is 4.68 Å². The fourth-order valence-electron chi connectivity index (χ4n) is 2.42. The Bertz CT molecular complexity index is 817. The molecule has 2 heterocycles. The number of benzene rings is 1. The number of guanidine groups is 1.